The highest BCUT2D eigenvalue weighted by atomic mass is 19.3. The molecule has 6 nitrogen and oxygen atoms in total. The fourth-order valence-electron chi connectivity index (χ4n) is 3.32. The molecule has 0 spiro atoms. The number of rotatable bonds is 9. The SMILES string of the molecule is CNC(=O)[C@@](C)(C(=O)CO)N(C)C(=O)c1ccc(C#Cc2ccc(CCCC(F)F)cc2)cc1. The fraction of sp³-hybridized carbons (Fsp3) is 0.346. The molecule has 0 unspecified atom stereocenters. The summed E-state index contributed by atoms with van der Waals surface area (Å²) in [7, 11) is 2.67. The Kier molecular flexibility index (Phi) is 9.46. The maximum Gasteiger partial charge on any atom is 0.254 e. The van der Waals surface area contributed by atoms with Crippen LogP contribution in [-0.2, 0) is 16.0 Å². The van der Waals surface area contributed by atoms with Gasteiger partial charge in [-0.1, -0.05) is 24.0 Å². The number of alkyl halides is 2. The topological polar surface area (TPSA) is 86.7 Å². The minimum atomic E-state index is -2.28. The zero-order chi connectivity index (χ0) is 25.3. The average Bonchev–Trinajstić information content (AvgIpc) is 2.85. The van der Waals surface area contributed by atoms with E-state index in [4.69, 9.17) is 0 Å². The number of carbonyl (C=O) groups is 3. The van der Waals surface area contributed by atoms with Gasteiger partial charge in [0.1, 0.15) is 6.61 Å². The number of amides is 2. The van der Waals surface area contributed by atoms with Crippen molar-refractivity contribution in [2.75, 3.05) is 20.7 Å². The van der Waals surface area contributed by atoms with Gasteiger partial charge in [-0.3, -0.25) is 14.4 Å². The molecule has 0 aliphatic heterocycles. The number of halogens is 2. The second kappa shape index (κ2) is 12.1. The second-order valence-corrected chi connectivity index (χ2v) is 7.90. The summed E-state index contributed by atoms with van der Waals surface area (Å²) in [4.78, 5) is 38.4. The van der Waals surface area contributed by atoms with Crippen molar-refractivity contribution in [1.82, 2.24) is 10.2 Å². The minimum absolute atomic E-state index is 0.112. The van der Waals surface area contributed by atoms with Gasteiger partial charge in [0.05, 0.1) is 0 Å². The van der Waals surface area contributed by atoms with E-state index in [1.165, 1.54) is 21.0 Å². The van der Waals surface area contributed by atoms with Gasteiger partial charge in [0.15, 0.2) is 11.3 Å². The Morgan fingerprint density at radius 3 is 2.03 bits per heavy atom. The molecule has 34 heavy (non-hydrogen) atoms. The highest BCUT2D eigenvalue weighted by Gasteiger charge is 2.46. The summed E-state index contributed by atoms with van der Waals surface area (Å²) in [5.74, 6) is 3.94. The van der Waals surface area contributed by atoms with Gasteiger partial charge in [-0.2, -0.15) is 0 Å². The third kappa shape index (κ3) is 6.49. The van der Waals surface area contributed by atoms with Crippen molar-refractivity contribution in [1.29, 1.82) is 0 Å². The first kappa shape index (κ1) is 26.7. The lowest BCUT2D eigenvalue weighted by atomic mass is 9.92. The van der Waals surface area contributed by atoms with E-state index in [-0.39, 0.29) is 12.0 Å². The van der Waals surface area contributed by atoms with Gasteiger partial charge in [0.2, 0.25) is 6.43 Å². The van der Waals surface area contributed by atoms with Gasteiger partial charge in [-0.25, -0.2) is 8.78 Å². The predicted octanol–water partition coefficient (Wildman–Crippen LogP) is 2.81. The molecule has 2 amide bonds. The molecule has 2 aromatic rings. The lowest BCUT2D eigenvalue weighted by Gasteiger charge is -2.35. The van der Waals surface area contributed by atoms with Gasteiger partial charge in [-0.15, -0.1) is 0 Å². The first-order chi connectivity index (χ1) is 16.1. The van der Waals surface area contributed by atoms with E-state index in [1.807, 2.05) is 24.3 Å². The van der Waals surface area contributed by atoms with Gasteiger partial charge in [-0.05, 0) is 61.7 Å². The molecule has 0 heterocycles. The molecule has 2 N–H and O–H groups in total. The Bertz CT molecular complexity index is 1050. The number of nitrogens with zero attached hydrogens (tertiary/aromatic N) is 1. The van der Waals surface area contributed by atoms with Crippen molar-refractivity contribution in [2.24, 2.45) is 0 Å². The highest BCUT2D eigenvalue weighted by molar-refractivity contribution is 6.14. The molecular weight excluding hydrogens is 442 g/mol. The first-order valence-electron chi connectivity index (χ1n) is 10.8. The van der Waals surface area contributed by atoms with Crippen LogP contribution in [0.25, 0.3) is 0 Å². The number of carbonyl (C=O) groups excluding carboxylic acids is 3. The normalized spacial score (nSPS) is 12.3. The monoisotopic (exact) mass is 470 g/mol. The fourth-order valence-corrected chi connectivity index (χ4v) is 3.32. The van der Waals surface area contributed by atoms with Crippen LogP contribution >= 0.6 is 0 Å². The summed E-state index contributed by atoms with van der Waals surface area (Å²) >= 11 is 0. The number of aryl methyl sites for hydroxylation is 1. The summed E-state index contributed by atoms with van der Waals surface area (Å²) in [6, 6.07) is 13.8. The van der Waals surface area contributed by atoms with Crippen LogP contribution in [0.2, 0.25) is 0 Å². The smallest absolute Gasteiger partial charge is 0.254 e. The first-order valence-corrected chi connectivity index (χ1v) is 10.8. The molecule has 2 aromatic carbocycles. The lowest BCUT2D eigenvalue weighted by Crippen LogP contribution is -2.62. The molecule has 0 saturated carbocycles. The molecule has 1 atom stereocenters. The number of ketones is 1. The number of likely N-dealkylation sites (N-methyl/N-ethyl adjacent to an activating group) is 2. The number of aliphatic hydroxyl groups excluding tert-OH is 1. The lowest BCUT2D eigenvalue weighted by molar-refractivity contribution is -0.143. The number of nitrogens with one attached hydrogen (secondary N) is 1. The summed E-state index contributed by atoms with van der Waals surface area (Å²) in [5, 5.41) is 11.6. The number of benzene rings is 2. The van der Waals surface area contributed by atoms with Crippen LogP contribution in [0, 0.1) is 11.8 Å². The Morgan fingerprint density at radius 2 is 1.56 bits per heavy atom. The van der Waals surface area contributed by atoms with Crippen molar-refractivity contribution >= 4 is 17.6 Å². The standard InChI is InChI=1S/C26H28F2N2O4/c1-26(22(32)17-31,25(34)29-2)30(3)24(33)21-15-13-20(14-16-21)12-11-19-9-7-18(8-10-19)5-4-6-23(27)28/h7-10,13-16,23,31H,4-6,17H2,1-3H3,(H,29,34)/t26-/m1/s1. The van der Waals surface area contributed by atoms with Crippen molar-refractivity contribution in [3.63, 3.8) is 0 Å². The molecule has 0 radical (unpaired) electrons. The molecule has 8 heteroatoms. The van der Waals surface area contributed by atoms with Crippen molar-refractivity contribution < 1.29 is 28.3 Å². The van der Waals surface area contributed by atoms with Crippen molar-refractivity contribution in [2.45, 2.75) is 38.2 Å². The van der Waals surface area contributed by atoms with Gasteiger partial charge in [0.25, 0.3) is 11.8 Å². The number of hydrogen-bond donors (Lipinski definition) is 2. The van der Waals surface area contributed by atoms with Crippen LogP contribution < -0.4 is 5.32 Å². The van der Waals surface area contributed by atoms with Crippen LogP contribution in [-0.4, -0.2) is 60.3 Å². The molecular formula is C26H28F2N2O4. The third-order valence-electron chi connectivity index (χ3n) is 5.66. The van der Waals surface area contributed by atoms with E-state index in [9.17, 15) is 28.3 Å². The van der Waals surface area contributed by atoms with Crippen LogP contribution in [0.3, 0.4) is 0 Å². The van der Waals surface area contributed by atoms with E-state index >= 15 is 0 Å². The van der Waals surface area contributed by atoms with E-state index in [0.717, 1.165) is 16.0 Å². The van der Waals surface area contributed by atoms with Crippen molar-refractivity contribution in [3.8, 4) is 11.8 Å². The average molecular weight is 471 g/mol. The van der Waals surface area contributed by atoms with E-state index < -0.39 is 36.2 Å². The van der Waals surface area contributed by atoms with Crippen LogP contribution in [0.4, 0.5) is 8.78 Å². The third-order valence-corrected chi connectivity index (χ3v) is 5.66. The zero-order valence-electron chi connectivity index (χ0n) is 19.4. The number of Topliss-reactive ketones (excluding diaryl/α,β-unsaturated/α-hetero) is 1. The maximum atomic E-state index is 12.9. The van der Waals surface area contributed by atoms with Gasteiger partial charge in [0, 0.05) is 37.2 Å². The predicted molar refractivity (Wildman–Crippen MR) is 124 cm³/mol. The highest BCUT2D eigenvalue weighted by Crippen LogP contribution is 2.19. The molecule has 0 aliphatic rings. The number of aliphatic hydroxyl groups is 1. The Balaban J connectivity index is 2.11. The second-order valence-electron chi connectivity index (χ2n) is 7.90. The zero-order valence-corrected chi connectivity index (χ0v) is 19.4. The molecule has 0 fully saturated rings. The van der Waals surface area contributed by atoms with E-state index in [1.54, 1.807) is 24.3 Å². The van der Waals surface area contributed by atoms with Gasteiger partial charge >= 0.3 is 0 Å². The molecule has 2 rings (SSSR count). The summed E-state index contributed by atoms with van der Waals surface area (Å²) < 4.78 is 24.5. The molecule has 180 valence electrons. The molecule has 0 saturated heterocycles. The maximum absolute atomic E-state index is 12.9. The molecule has 0 bridgehead atoms. The van der Waals surface area contributed by atoms with Crippen LogP contribution in [0.5, 0.6) is 0 Å². The van der Waals surface area contributed by atoms with Crippen LogP contribution in [0.15, 0.2) is 48.5 Å². The minimum Gasteiger partial charge on any atom is -0.388 e. The largest absolute Gasteiger partial charge is 0.388 e. The van der Waals surface area contributed by atoms with E-state index in [2.05, 4.69) is 17.2 Å². The van der Waals surface area contributed by atoms with Crippen LogP contribution in [0.1, 0.15) is 46.8 Å². The van der Waals surface area contributed by atoms with Gasteiger partial charge < -0.3 is 15.3 Å². The summed E-state index contributed by atoms with van der Waals surface area (Å²) in [5.41, 5.74) is 0.788. The summed E-state index contributed by atoms with van der Waals surface area (Å²) in [6.45, 7) is 0.402. The molecule has 0 aromatic heterocycles. The Labute approximate surface area is 198 Å². The Hall–Kier alpha value is -3.57. The van der Waals surface area contributed by atoms with E-state index in [0.29, 0.717) is 18.4 Å². The number of hydrogen-bond acceptors (Lipinski definition) is 4. The summed E-state index contributed by atoms with van der Waals surface area (Å²) in [6.07, 6.45) is -1.38. The quantitative estimate of drug-likeness (QED) is 0.436. The Morgan fingerprint density at radius 1 is 1.03 bits per heavy atom. The van der Waals surface area contributed by atoms with Crippen molar-refractivity contribution in [3.05, 3.63) is 70.8 Å². The molecule has 0 aliphatic carbocycles.